The molecule has 0 radical (unpaired) electrons. The number of rotatable bonds is 5. The number of non-ortho nitro benzene ring substituents is 1. The lowest BCUT2D eigenvalue weighted by molar-refractivity contribution is -0.384. The van der Waals surface area contributed by atoms with E-state index >= 15 is 0 Å². The first-order valence-corrected chi connectivity index (χ1v) is 8.38. The van der Waals surface area contributed by atoms with Crippen LogP contribution in [0.1, 0.15) is 25.7 Å². The predicted molar refractivity (Wildman–Crippen MR) is 78.2 cm³/mol. The molecule has 0 bridgehead atoms. The van der Waals surface area contributed by atoms with Gasteiger partial charge in [-0.25, -0.2) is 13.1 Å². The van der Waals surface area contributed by atoms with Gasteiger partial charge in [0.25, 0.3) is 5.69 Å². The summed E-state index contributed by atoms with van der Waals surface area (Å²) in [6.45, 7) is 0.306. The molecule has 116 valence electrons. The monoisotopic (exact) mass is 313 g/mol. The van der Waals surface area contributed by atoms with Crippen LogP contribution >= 0.6 is 0 Å². The minimum absolute atomic E-state index is 0.0254. The highest BCUT2D eigenvalue weighted by atomic mass is 32.2. The lowest BCUT2D eigenvalue weighted by Gasteiger charge is -2.28. The highest BCUT2D eigenvalue weighted by Gasteiger charge is 2.24. The van der Waals surface area contributed by atoms with E-state index in [-0.39, 0.29) is 22.5 Å². The van der Waals surface area contributed by atoms with Crippen LogP contribution in [0.4, 0.5) is 5.69 Å². The minimum Gasteiger partial charge on any atom is -0.327 e. The fraction of sp³-hybridized carbons (Fsp3) is 0.538. The van der Waals surface area contributed by atoms with Gasteiger partial charge in [0.05, 0.1) is 9.82 Å². The Morgan fingerprint density at radius 2 is 1.86 bits per heavy atom. The summed E-state index contributed by atoms with van der Waals surface area (Å²) in [5, 5.41) is 10.6. The molecule has 1 aromatic carbocycles. The van der Waals surface area contributed by atoms with E-state index in [9.17, 15) is 18.5 Å². The summed E-state index contributed by atoms with van der Waals surface area (Å²) < 4.78 is 26.8. The Hall–Kier alpha value is -1.51. The van der Waals surface area contributed by atoms with Crippen LogP contribution in [-0.2, 0) is 10.0 Å². The number of nitro groups is 1. The highest BCUT2D eigenvalue weighted by molar-refractivity contribution is 7.89. The molecule has 0 aromatic heterocycles. The lowest BCUT2D eigenvalue weighted by atomic mass is 9.85. The third-order valence-electron chi connectivity index (χ3n) is 3.86. The Kier molecular flexibility index (Phi) is 4.92. The van der Waals surface area contributed by atoms with Crippen molar-refractivity contribution in [2.45, 2.75) is 36.6 Å². The van der Waals surface area contributed by atoms with Crippen molar-refractivity contribution in [2.75, 3.05) is 6.54 Å². The van der Waals surface area contributed by atoms with Crippen LogP contribution in [0.5, 0.6) is 0 Å². The maximum atomic E-state index is 12.1. The van der Waals surface area contributed by atoms with Gasteiger partial charge in [-0.1, -0.05) is 12.8 Å². The molecule has 0 unspecified atom stereocenters. The van der Waals surface area contributed by atoms with Crippen LogP contribution in [0.25, 0.3) is 0 Å². The van der Waals surface area contributed by atoms with Gasteiger partial charge in [-0.2, -0.15) is 0 Å². The molecule has 7 nitrogen and oxygen atoms in total. The number of nitrogens with two attached hydrogens (primary N) is 1. The van der Waals surface area contributed by atoms with Crippen molar-refractivity contribution in [2.24, 2.45) is 11.7 Å². The van der Waals surface area contributed by atoms with Crippen molar-refractivity contribution in [1.29, 1.82) is 0 Å². The largest absolute Gasteiger partial charge is 0.327 e. The van der Waals surface area contributed by atoms with Gasteiger partial charge in [0.2, 0.25) is 10.0 Å². The van der Waals surface area contributed by atoms with E-state index < -0.39 is 14.9 Å². The molecular formula is C13H19N3O4S. The van der Waals surface area contributed by atoms with E-state index in [0.29, 0.717) is 6.54 Å². The molecule has 1 fully saturated rings. The van der Waals surface area contributed by atoms with Crippen LogP contribution in [0.15, 0.2) is 29.2 Å². The summed E-state index contributed by atoms with van der Waals surface area (Å²) >= 11 is 0. The van der Waals surface area contributed by atoms with Crippen molar-refractivity contribution in [1.82, 2.24) is 4.72 Å². The predicted octanol–water partition coefficient (Wildman–Crippen LogP) is 1.39. The third kappa shape index (κ3) is 3.99. The number of hydrogen-bond donors (Lipinski definition) is 2. The molecule has 2 rings (SSSR count). The smallest absolute Gasteiger partial charge is 0.269 e. The Labute approximate surface area is 123 Å². The average Bonchev–Trinajstić information content (AvgIpc) is 2.46. The molecule has 21 heavy (non-hydrogen) atoms. The van der Waals surface area contributed by atoms with Crippen LogP contribution in [-0.4, -0.2) is 25.9 Å². The zero-order valence-electron chi connectivity index (χ0n) is 11.6. The van der Waals surface area contributed by atoms with Crippen molar-refractivity contribution in [3.63, 3.8) is 0 Å². The number of benzene rings is 1. The average molecular weight is 313 g/mol. The summed E-state index contributed by atoms with van der Waals surface area (Å²) in [4.78, 5) is 10.0. The highest BCUT2D eigenvalue weighted by Crippen LogP contribution is 2.23. The molecule has 0 saturated heterocycles. The Bertz CT molecular complexity index is 600. The topological polar surface area (TPSA) is 115 Å². The maximum Gasteiger partial charge on any atom is 0.269 e. The Morgan fingerprint density at radius 1 is 1.24 bits per heavy atom. The summed E-state index contributed by atoms with van der Waals surface area (Å²) in [7, 11) is -3.65. The third-order valence-corrected chi connectivity index (χ3v) is 5.30. The standard InChI is InChI=1S/C13H19N3O4S/c14-13-4-2-1-3-10(13)9-15-21(19,20)12-7-5-11(6-8-12)16(17)18/h5-8,10,13,15H,1-4,9,14H2/t10-,13+/m0/s1. The SMILES string of the molecule is N[C@@H]1CCCC[C@H]1CNS(=O)(=O)c1ccc([N+](=O)[O-])cc1. The van der Waals surface area contributed by atoms with Crippen molar-refractivity contribution < 1.29 is 13.3 Å². The van der Waals surface area contributed by atoms with Crippen LogP contribution in [0.3, 0.4) is 0 Å². The van der Waals surface area contributed by atoms with Gasteiger partial charge in [0.15, 0.2) is 0 Å². The van der Waals surface area contributed by atoms with Crippen LogP contribution < -0.4 is 10.5 Å². The van der Waals surface area contributed by atoms with E-state index in [2.05, 4.69) is 4.72 Å². The lowest BCUT2D eigenvalue weighted by Crippen LogP contribution is -2.41. The molecule has 1 aromatic rings. The van der Waals surface area contributed by atoms with E-state index in [4.69, 9.17) is 5.73 Å². The number of nitro benzene ring substituents is 1. The summed E-state index contributed by atoms with van der Waals surface area (Å²) in [5.74, 6) is 0.145. The molecule has 0 aliphatic heterocycles. The van der Waals surface area contributed by atoms with Gasteiger partial charge < -0.3 is 5.73 Å². The molecule has 8 heteroatoms. The number of hydrogen-bond acceptors (Lipinski definition) is 5. The summed E-state index contributed by atoms with van der Waals surface area (Å²) in [6.07, 6.45) is 4.00. The molecule has 1 aliphatic rings. The number of nitrogens with one attached hydrogen (secondary N) is 1. The zero-order valence-corrected chi connectivity index (χ0v) is 12.4. The summed E-state index contributed by atoms with van der Waals surface area (Å²) in [5.41, 5.74) is 5.85. The van der Waals surface area contributed by atoms with Gasteiger partial charge in [-0.05, 0) is 30.9 Å². The fourth-order valence-corrected chi connectivity index (χ4v) is 3.63. The first-order valence-electron chi connectivity index (χ1n) is 6.90. The van der Waals surface area contributed by atoms with Crippen molar-refractivity contribution in [3.05, 3.63) is 34.4 Å². The van der Waals surface area contributed by atoms with Crippen LogP contribution in [0.2, 0.25) is 0 Å². The molecule has 2 atom stereocenters. The van der Waals surface area contributed by atoms with Crippen LogP contribution in [0, 0.1) is 16.0 Å². The summed E-state index contributed by atoms with van der Waals surface area (Å²) in [6, 6.07) is 4.86. The Morgan fingerprint density at radius 3 is 2.43 bits per heavy atom. The maximum absolute atomic E-state index is 12.1. The number of sulfonamides is 1. The second-order valence-electron chi connectivity index (χ2n) is 5.31. The van der Waals surface area contributed by atoms with E-state index in [0.717, 1.165) is 25.7 Å². The second kappa shape index (κ2) is 6.50. The van der Waals surface area contributed by atoms with Crippen molar-refractivity contribution >= 4 is 15.7 Å². The van der Waals surface area contributed by atoms with Gasteiger partial charge in [-0.3, -0.25) is 10.1 Å². The zero-order chi connectivity index (χ0) is 15.5. The molecular weight excluding hydrogens is 294 g/mol. The molecule has 1 saturated carbocycles. The van der Waals surface area contributed by atoms with Gasteiger partial charge in [0, 0.05) is 24.7 Å². The van der Waals surface area contributed by atoms with Gasteiger partial charge in [0.1, 0.15) is 0 Å². The molecule has 0 amide bonds. The number of nitrogens with zero attached hydrogens (tertiary/aromatic N) is 1. The molecule has 0 spiro atoms. The second-order valence-corrected chi connectivity index (χ2v) is 7.08. The van der Waals surface area contributed by atoms with Crippen molar-refractivity contribution in [3.8, 4) is 0 Å². The van der Waals surface area contributed by atoms with Gasteiger partial charge >= 0.3 is 0 Å². The first-order chi connectivity index (χ1) is 9.90. The molecule has 1 aliphatic carbocycles. The molecule has 0 heterocycles. The van der Waals surface area contributed by atoms with E-state index in [1.54, 1.807) is 0 Å². The Balaban J connectivity index is 2.02. The van der Waals surface area contributed by atoms with E-state index in [1.807, 2.05) is 0 Å². The first kappa shape index (κ1) is 15.9. The molecule has 3 N–H and O–H groups in total. The minimum atomic E-state index is -3.65. The van der Waals surface area contributed by atoms with Gasteiger partial charge in [-0.15, -0.1) is 0 Å². The normalized spacial score (nSPS) is 22.9. The quantitative estimate of drug-likeness (QED) is 0.629. The fourth-order valence-electron chi connectivity index (χ4n) is 2.54. The van der Waals surface area contributed by atoms with E-state index in [1.165, 1.54) is 24.3 Å².